The predicted octanol–water partition coefficient (Wildman–Crippen LogP) is 1.05. The van der Waals surface area contributed by atoms with Gasteiger partial charge in [0.2, 0.25) is 5.78 Å². The first-order valence-corrected chi connectivity index (χ1v) is 8.67. The monoisotopic (exact) mass is 377 g/mol. The van der Waals surface area contributed by atoms with Gasteiger partial charge in [0, 0.05) is 12.4 Å². The number of carbonyl (C=O) groups excluding carboxylic acids is 3. The van der Waals surface area contributed by atoms with Gasteiger partial charge in [-0.15, -0.1) is 0 Å². The summed E-state index contributed by atoms with van der Waals surface area (Å²) in [6, 6.07) is 11.9. The first-order chi connectivity index (χ1) is 13.6. The molecule has 2 amide bonds. The highest BCUT2D eigenvalue weighted by Gasteiger charge is 2.26. The minimum atomic E-state index is -1.08. The second-order valence-electron chi connectivity index (χ2n) is 6.13. The molecule has 0 radical (unpaired) electrons. The molecule has 3 aromatic rings. The SMILES string of the molecule is NC(=O)C(=O)C(CCc1ccccc1)NC(=O)c1cncn1-c1ccncc1. The molecule has 1 atom stereocenters. The molecule has 3 rings (SSSR count). The Hall–Kier alpha value is -3.81. The van der Waals surface area contributed by atoms with Crippen molar-refractivity contribution in [1.82, 2.24) is 19.9 Å². The zero-order valence-electron chi connectivity index (χ0n) is 15.0. The number of ketones is 1. The minimum absolute atomic E-state index is 0.230. The van der Waals surface area contributed by atoms with E-state index >= 15 is 0 Å². The number of pyridine rings is 1. The van der Waals surface area contributed by atoms with Crippen molar-refractivity contribution in [2.75, 3.05) is 0 Å². The van der Waals surface area contributed by atoms with Crippen molar-refractivity contribution in [3.63, 3.8) is 0 Å². The summed E-state index contributed by atoms with van der Waals surface area (Å²) in [5.41, 5.74) is 7.07. The molecule has 0 bridgehead atoms. The molecule has 8 heteroatoms. The number of imidazole rings is 1. The predicted molar refractivity (Wildman–Crippen MR) is 102 cm³/mol. The Balaban J connectivity index is 1.77. The Kier molecular flexibility index (Phi) is 5.91. The van der Waals surface area contributed by atoms with Gasteiger partial charge in [0.05, 0.1) is 24.3 Å². The van der Waals surface area contributed by atoms with Crippen LogP contribution in [0, 0.1) is 0 Å². The number of aryl methyl sites for hydroxylation is 1. The lowest BCUT2D eigenvalue weighted by Gasteiger charge is -2.17. The van der Waals surface area contributed by atoms with Gasteiger partial charge in [0.25, 0.3) is 11.8 Å². The number of amides is 2. The molecule has 28 heavy (non-hydrogen) atoms. The fourth-order valence-electron chi connectivity index (χ4n) is 2.80. The molecule has 2 heterocycles. The third-order valence-electron chi connectivity index (χ3n) is 4.24. The highest BCUT2D eigenvalue weighted by Crippen LogP contribution is 2.11. The fraction of sp³-hybridized carbons (Fsp3) is 0.150. The number of carbonyl (C=O) groups is 3. The van der Waals surface area contributed by atoms with Crippen molar-refractivity contribution >= 4 is 17.6 Å². The number of hydrogen-bond acceptors (Lipinski definition) is 5. The van der Waals surface area contributed by atoms with Crippen LogP contribution in [0.4, 0.5) is 0 Å². The second kappa shape index (κ2) is 8.72. The van der Waals surface area contributed by atoms with Crippen molar-refractivity contribution in [2.24, 2.45) is 5.73 Å². The summed E-state index contributed by atoms with van der Waals surface area (Å²) >= 11 is 0. The minimum Gasteiger partial charge on any atom is -0.363 e. The lowest BCUT2D eigenvalue weighted by molar-refractivity contribution is -0.137. The van der Waals surface area contributed by atoms with Crippen LogP contribution in [0.25, 0.3) is 5.69 Å². The van der Waals surface area contributed by atoms with E-state index in [-0.39, 0.29) is 12.1 Å². The quantitative estimate of drug-likeness (QED) is 0.569. The largest absolute Gasteiger partial charge is 0.363 e. The summed E-state index contributed by atoms with van der Waals surface area (Å²) in [5.74, 6) is -2.44. The number of aromatic nitrogens is 3. The van der Waals surface area contributed by atoms with Crippen LogP contribution in [0.3, 0.4) is 0 Å². The average molecular weight is 377 g/mol. The number of rotatable bonds is 8. The topological polar surface area (TPSA) is 120 Å². The standard InChI is InChI=1S/C20H19N5O3/c21-19(27)18(26)16(7-6-14-4-2-1-3-5-14)24-20(28)17-12-23-13-25(17)15-8-10-22-11-9-15/h1-5,8-13,16H,6-7H2,(H2,21,27)(H,24,28). The van der Waals surface area contributed by atoms with E-state index < -0.39 is 23.6 Å². The van der Waals surface area contributed by atoms with Crippen LogP contribution in [-0.2, 0) is 16.0 Å². The molecule has 0 spiro atoms. The molecule has 0 saturated carbocycles. The van der Waals surface area contributed by atoms with Crippen molar-refractivity contribution in [2.45, 2.75) is 18.9 Å². The Bertz CT molecular complexity index is 970. The summed E-state index contributed by atoms with van der Waals surface area (Å²) in [7, 11) is 0. The summed E-state index contributed by atoms with van der Waals surface area (Å²) in [6.45, 7) is 0. The first kappa shape index (κ1) is 19.0. The molecular weight excluding hydrogens is 358 g/mol. The smallest absolute Gasteiger partial charge is 0.287 e. The molecule has 3 N–H and O–H groups in total. The summed E-state index contributed by atoms with van der Waals surface area (Å²) in [4.78, 5) is 44.3. The Morgan fingerprint density at radius 1 is 1.04 bits per heavy atom. The molecule has 1 unspecified atom stereocenters. The third-order valence-corrected chi connectivity index (χ3v) is 4.24. The van der Waals surface area contributed by atoms with E-state index in [2.05, 4.69) is 15.3 Å². The van der Waals surface area contributed by atoms with Crippen molar-refractivity contribution in [3.05, 3.63) is 78.6 Å². The number of hydrogen-bond donors (Lipinski definition) is 2. The van der Waals surface area contributed by atoms with Crippen LogP contribution in [0.1, 0.15) is 22.5 Å². The van der Waals surface area contributed by atoms with Gasteiger partial charge in [-0.3, -0.25) is 23.9 Å². The average Bonchev–Trinajstić information content (AvgIpc) is 3.22. The maximum atomic E-state index is 12.8. The molecule has 142 valence electrons. The highest BCUT2D eigenvalue weighted by atomic mass is 16.2. The highest BCUT2D eigenvalue weighted by molar-refractivity contribution is 6.38. The third kappa shape index (κ3) is 4.47. The lowest BCUT2D eigenvalue weighted by atomic mass is 10.0. The van der Waals surface area contributed by atoms with Gasteiger partial charge in [0.15, 0.2) is 0 Å². The molecular formula is C20H19N5O3. The Labute approximate surface area is 161 Å². The number of nitrogens with one attached hydrogen (secondary N) is 1. The van der Waals surface area contributed by atoms with E-state index in [4.69, 9.17) is 5.73 Å². The number of benzene rings is 1. The molecule has 2 aromatic heterocycles. The number of nitrogens with zero attached hydrogens (tertiary/aromatic N) is 3. The summed E-state index contributed by atoms with van der Waals surface area (Å²) in [5, 5.41) is 2.62. The van der Waals surface area contributed by atoms with Crippen LogP contribution < -0.4 is 11.1 Å². The van der Waals surface area contributed by atoms with Gasteiger partial charge < -0.3 is 11.1 Å². The summed E-state index contributed by atoms with van der Waals surface area (Å²) in [6.07, 6.45) is 6.82. The normalized spacial score (nSPS) is 11.6. The van der Waals surface area contributed by atoms with Crippen LogP contribution >= 0.6 is 0 Å². The molecule has 0 aliphatic rings. The van der Waals surface area contributed by atoms with Gasteiger partial charge in [-0.2, -0.15) is 0 Å². The van der Waals surface area contributed by atoms with Crippen LogP contribution in [0.5, 0.6) is 0 Å². The van der Waals surface area contributed by atoms with Crippen molar-refractivity contribution in [3.8, 4) is 5.69 Å². The maximum Gasteiger partial charge on any atom is 0.287 e. The van der Waals surface area contributed by atoms with Gasteiger partial charge in [-0.1, -0.05) is 30.3 Å². The van der Waals surface area contributed by atoms with Crippen molar-refractivity contribution in [1.29, 1.82) is 0 Å². The van der Waals surface area contributed by atoms with E-state index in [0.717, 1.165) is 5.56 Å². The van der Waals surface area contributed by atoms with E-state index in [1.165, 1.54) is 12.5 Å². The Morgan fingerprint density at radius 3 is 2.43 bits per heavy atom. The molecule has 8 nitrogen and oxygen atoms in total. The fourth-order valence-corrected chi connectivity index (χ4v) is 2.80. The molecule has 0 aliphatic carbocycles. The summed E-state index contributed by atoms with van der Waals surface area (Å²) < 4.78 is 1.57. The zero-order valence-corrected chi connectivity index (χ0v) is 15.0. The Morgan fingerprint density at radius 2 is 1.75 bits per heavy atom. The van der Waals surface area contributed by atoms with Crippen LogP contribution in [0.15, 0.2) is 67.4 Å². The van der Waals surface area contributed by atoms with E-state index in [0.29, 0.717) is 12.1 Å². The van der Waals surface area contributed by atoms with E-state index in [9.17, 15) is 14.4 Å². The van der Waals surface area contributed by atoms with Crippen molar-refractivity contribution < 1.29 is 14.4 Å². The lowest BCUT2D eigenvalue weighted by Crippen LogP contribution is -2.46. The molecule has 0 fully saturated rings. The molecule has 1 aromatic carbocycles. The van der Waals surface area contributed by atoms with Gasteiger partial charge >= 0.3 is 0 Å². The van der Waals surface area contributed by atoms with Gasteiger partial charge in [0.1, 0.15) is 5.69 Å². The van der Waals surface area contributed by atoms with Gasteiger partial charge in [-0.05, 0) is 30.5 Å². The van der Waals surface area contributed by atoms with E-state index in [1.54, 1.807) is 29.1 Å². The maximum absolute atomic E-state index is 12.8. The van der Waals surface area contributed by atoms with Gasteiger partial charge in [-0.25, -0.2) is 4.98 Å². The second-order valence-corrected chi connectivity index (χ2v) is 6.13. The number of Topliss-reactive ketones (excluding diaryl/α,β-unsaturated/α-hetero) is 1. The number of nitrogens with two attached hydrogens (primary N) is 1. The molecule has 0 saturated heterocycles. The van der Waals surface area contributed by atoms with Crippen LogP contribution in [-0.4, -0.2) is 38.2 Å². The zero-order chi connectivity index (χ0) is 19.9. The molecule has 0 aliphatic heterocycles. The van der Waals surface area contributed by atoms with Crippen LogP contribution in [0.2, 0.25) is 0 Å². The number of primary amides is 1. The van der Waals surface area contributed by atoms with E-state index in [1.807, 2.05) is 30.3 Å². The first-order valence-electron chi connectivity index (χ1n) is 8.67.